The fourth-order valence-corrected chi connectivity index (χ4v) is 2.57. The number of nitrogens with zero attached hydrogens (tertiary/aromatic N) is 3. The Labute approximate surface area is 131 Å². The van der Waals surface area contributed by atoms with E-state index in [0.29, 0.717) is 5.82 Å². The average molecular weight is 343 g/mol. The summed E-state index contributed by atoms with van der Waals surface area (Å²) in [5.74, 6) is 1.50. The minimum absolute atomic E-state index is 0.691. The Morgan fingerprint density at radius 3 is 2.76 bits per heavy atom. The van der Waals surface area contributed by atoms with Crippen molar-refractivity contribution in [3.63, 3.8) is 0 Å². The quantitative estimate of drug-likeness (QED) is 0.775. The van der Waals surface area contributed by atoms with Gasteiger partial charge in [-0.3, -0.25) is 4.98 Å². The molecule has 0 saturated carbocycles. The summed E-state index contributed by atoms with van der Waals surface area (Å²) in [6.07, 6.45) is 1.79. The number of nitrogens with one attached hydrogen (secondary N) is 1. The molecule has 3 aromatic rings. The molecule has 0 spiro atoms. The summed E-state index contributed by atoms with van der Waals surface area (Å²) in [4.78, 5) is 13.7. The smallest absolute Gasteiger partial charge is 0.164 e. The van der Waals surface area contributed by atoms with E-state index in [-0.39, 0.29) is 0 Å². The lowest BCUT2D eigenvalue weighted by Crippen LogP contribution is -2.04. The number of pyridine rings is 1. The average Bonchev–Trinajstić information content (AvgIpc) is 2.51. The highest BCUT2D eigenvalue weighted by Gasteiger charge is 2.12. The second-order valence-electron chi connectivity index (χ2n) is 4.71. The molecule has 0 bridgehead atoms. The summed E-state index contributed by atoms with van der Waals surface area (Å²) >= 11 is 3.53. The van der Waals surface area contributed by atoms with Crippen LogP contribution in [0.25, 0.3) is 22.3 Å². The van der Waals surface area contributed by atoms with Gasteiger partial charge in [-0.15, -0.1) is 0 Å². The lowest BCUT2D eigenvalue weighted by atomic mass is 10.1. The van der Waals surface area contributed by atoms with Gasteiger partial charge in [-0.2, -0.15) is 0 Å². The fraction of sp³-hybridized carbons (Fsp3) is 0.188. The minimum atomic E-state index is 0.691. The van der Waals surface area contributed by atoms with E-state index >= 15 is 0 Å². The van der Waals surface area contributed by atoms with Crippen LogP contribution in [0, 0.1) is 6.92 Å². The Bertz CT molecular complexity index is 796. The van der Waals surface area contributed by atoms with Crippen LogP contribution in [0.15, 0.2) is 41.0 Å². The van der Waals surface area contributed by atoms with Gasteiger partial charge in [0.05, 0.1) is 15.7 Å². The lowest BCUT2D eigenvalue weighted by molar-refractivity contribution is 1.07. The molecule has 3 rings (SSSR count). The Kier molecular flexibility index (Phi) is 3.84. The number of hydrogen-bond donors (Lipinski definition) is 1. The second kappa shape index (κ2) is 5.77. The number of hydrogen-bond acceptors (Lipinski definition) is 4. The van der Waals surface area contributed by atoms with E-state index in [4.69, 9.17) is 0 Å². The molecule has 21 heavy (non-hydrogen) atoms. The van der Waals surface area contributed by atoms with Gasteiger partial charge in [0.25, 0.3) is 0 Å². The van der Waals surface area contributed by atoms with Gasteiger partial charge in [-0.05, 0) is 41.9 Å². The maximum atomic E-state index is 4.63. The van der Waals surface area contributed by atoms with Crippen molar-refractivity contribution in [3.05, 3.63) is 46.7 Å². The van der Waals surface area contributed by atoms with E-state index in [1.807, 2.05) is 44.2 Å². The third kappa shape index (κ3) is 2.61. The third-order valence-electron chi connectivity index (χ3n) is 3.23. The molecule has 0 saturated heterocycles. The molecule has 0 amide bonds. The van der Waals surface area contributed by atoms with Gasteiger partial charge < -0.3 is 5.32 Å². The minimum Gasteiger partial charge on any atom is -0.369 e. The molecule has 0 unspecified atom stereocenters. The summed E-state index contributed by atoms with van der Waals surface area (Å²) in [6, 6.07) is 10.0. The molecule has 0 aliphatic heterocycles. The first kappa shape index (κ1) is 13.9. The van der Waals surface area contributed by atoms with E-state index in [2.05, 4.69) is 36.2 Å². The zero-order valence-corrected chi connectivity index (χ0v) is 13.5. The number of fused-ring (bicyclic) bond motifs is 1. The molecule has 2 heterocycles. The predicted molar refractivity (Wildman–Crippen MR) is 89.4 cm³/mol. The molecule has 1 aromatic carbocycles. The van der Waals surface area contributed by atoms with Crippen molar-refractivity contribution in [1.82, 2.24) is 15.0 Å². The summed E-state index contributed by atoms with van der Waals surface area (Å²) in [7, 11) is 0. The molecular formula is C16H15BrN4. The van der Waals surface area contributed by atoms with Crippen molar-refractivity contribution in [3.8, 4) is 11.4 Å². The molecule has 0 atom stereocenters. The van der Waals surface area contributed by atoms with Crippen LogP contribution in [0.2, 0.25) is 0 Å². The van der Waals surface area contributed by atoms with E-state index < -0.39 is 0 Å². The molecule has 1 N–H and O–H groups in total. The maximum absolute atomic E-state index is 4.63. The van der Waals surface area contributed by atoms with Crippen molar-refractivity contribution in [2.45, 2.75) is 13.8 Å². The van der Waals surface area contributed by atoms with Gasteiger partial charge in [0.2, 0.25) is 0 Å². The molecule has 5 heteroatoms. The van der Waals surface area contributed by atoms with Crippen molar-refractivity contribution in [2.75, 3.05) is 11.9 Å². The van der Waals surface area contributed by atoms with Crippen LogP contribution in [0.1, 0.15) is 12.6 Å². The van der Waals surface area contributed by atoms with Crippen LogP contribution < -0.4 is 5.32 Å². The van der Waals surface area contributed by atoms with Crippen molar-refractivity contribution in [1.29, 1.82) is 0 Å². The summed E-state index contributed by atoms with van der Waals surface area (Å²) in [5.41, 5.74) is 2.77. The van der Waals surface area contributed by atoms with E-state index in [0.717, 1.165) is 39.0 Å². The molecular weight excluding hydrogens is 328 g/mol. The Morgan fingerprint density at radius 2 is 1.95 bits per heavy atom. The first-order valence-electron chi connectivity index (χ1n) is 6.83. The van der Waals surface area contributed by atoms with Gasteiger partial charge in [0.15, 0.2) is 5.82 Å². The summed E-state index contributed by atoms with van der Waals surface area (Å²) in [5, 5.41) is 4.34. The summed E-state index contributed by atoms with van der Waals surface area (Å²) in [6.45, 7) is 4.82. The topological polar surface area (TPSA) is 50.7 Å². The first-order valence-corrected chi connectivity index (χ1v) is 7.62. The second-order valence-corrected chi connectivity index (χ2v) is 5.50. The number of para-hydroxylation sites is 1. The zero-order chi connectivity index (χ0) is 14.8. The molecule has 0 aliphatic carbocycles. The van der Waals surface area contributed by atoms with Crippen molar-refractivity contribution >= 4 is 32.7 Å². The van der Waals surface area contributed by atoms with E-state index in [9.17, 15) is 0 Å². The van der Waals surface area contributed by atoms with Crippen LogP contribution in [0.3, 0.4) is 0 Å². The standard InChI is InChI=1S/C16H15BrN4/c1-3-18-16-13(17)10(2)20-15(21-16)12-8-4-6-11-7-5-9-19-14(11)12/h4-9H,3H2,1-2H3,(H,18,20,21). The predicted octanol–water partition coefficient (Wildman–Crippen LogP) is 4.19. The van der Waals surface area contributed by atoms with E-state index in [1.165, 1.54) is 0 Å². The zero-order valence-electron chi connectivity index (χ0n) is 11.9. The normalized spacial score (nSPS) is 10.8. The largest absolute Gasteiger partial charge is 0.369 e. The van der Waals surface area contributed by atoms with E-state index in [1.54, 1.807) is 6.20 Å². The van der Waals surface area contributed by atoms with Gasteiger partial charge in [-0.1, -0.05) is 18.2 Å². The van der Waals surface area contributed by atoms with Crippen LogP contribution in [-0.4, -0.2) is 21.5 Å². The summed E-state index contributed by atoms with van der Waals surface area (Å²) < 4.78 is 0.904. The Hall–Kier alpha value is -2.01. The molecule has 106 valence electrons. The fourth-order valence-electron chi connectivity index (χ4n) is 2.25. The highest BCUT2D eigenvalue weighted by Crippen LogP contribution is 2.29. The number of aryl methyl sites for hydroxylation is 1. The first-order chi connectivity index (χ1) is 10.2. The SMILES string of the molecule is CCNc1nc(-c2cccc3cccnc23)nc(C)c1Br. The lowest BCUT2D eigenvalue weighted by Gasteiger charge is -2.11. The maximum Gasteiger partial charge on any atom is 0.164 e. The molecule has 4 nitrogen and oxygen atoms in total. The molecule has 0 fully saturated rings. The van der Waals surface area contributed by atoms with Crippen molar-refractivity contribution < 1.29 is 0 Å². The number of aromatic nitrogens is 3. The van der Waals surface area contributed by atoms with Crippen LogP contribution in [-0.2, 0) is 0 Å². The van der Waals surface area contributed by atoms with Crippen LogP contribution in [0.5, 0.6) is 0 Å². The molecule has 0 radical (unpaired) electrons. The van der Waals surface area contributed by atoms with Gasteiger partial charge in [0.1, 0.15) is 5.82 Å². The number of benzene rings is 1. The van der Waals surface area contributed by atoms with Crippen LogP contribution in [0.4, 0.5) is 5.82 Å². The number of rotatable bonds is 3. The van der Waals surface area contributed by atoms with Gasteiger partial charge in [-0.25, -0.2) is 9.97 Å². The third-order valence-corrected chi connectivity index (χ3v) is 4.18. The Morgan fingerprint density at radius 1 is 1.14 bits per heavy atom. The molecule has 0 aliphatic rings. The highest BCUT2D eigenvalue weighted by atomic mass is 79.9. The number of halogens is 1. The molecule has 2 aromatic heterocycles. The highest BCUT2D eigenvalue weighted by molar-refractivity contribution is 9.10. The number of anilines is 1. The monoisotopic (exact) mass is 342 g/mol. The van der Waals surface area contributed by atoms with Crippen LogP contribution >= 0.6 is 15.9 Å². The van der Waals surface area contributed by atoms with Gasteiger partial charge >= 0.3 is 0 Å². The Balaban J connectivity index is 2.23. The van der Waals surface area contributed by atoms with Gasteiger partial charge in [0, 0.05) is 23.7 Å². The van der Waals surface area contributed by atoms with Crippen molar-refractivity contribution in [2.24, 2.45) is 0 Å².